The van der Waals surface area contributed by atoms with Gasteiger partial charge < -0.3 is 20.5 Å². The third-order valence-corrected chi connectivity index (χ3v) is 2.69. The van der Waals surface area contributed by atoms with E-state index in [4.69, 9.17) is 4.74 Å². The highest BCUT2D eigenvalue weighted by molar-refractivity contribution is 5.94. The van der Waals surface area contributed by atoms with Crippen molar-refractivity contribution in [2.24, 2.45) is 0 Å². The molecule has 20 heavy (non-hydrogen) atoms. The SMILES string of the molecule is COc1ccc(NC(=O)CNc2ccccc2)cc1O. The van der Waals surface area contributed by atoms with Crippen LogP contribution in [0, 0.1) is 0 Å². The molecule has 0 aliphatic carbocycles. The van der Waals surface area contributed by atoms with Crippen molar-refractivity contribution in [2.45, 2.75) is 0 Å². The van der Waals surface area contributed by atoms with Gasteiger partial charge in [-0.25, -0.2) is 0 Å². The van der Waals surface area contributed by atoms with Gasteiger partial charge in [-0.3, -0.25) is 4.79 Å². The van der Waals surface area contributed by atoms with Gasteiger partial charge in [0.1, 0.15) is 0 Å². The lowest BCUT2D eigenvalue weighted by molar-refractivity contribution is -0.114. The normalized spacial score (nSPS) is 9.85. The Kier molecular flexibility index (Phi) is 4.44. The van der Waals surface area contributed by atoms with Crippen molar-refractivity contribution in [1.82, 2.24) is 0 Å². The lowest BCUT2D eigenvalue weighted by atomic mass is 10.2. The predicted molar refractivity (Wildman–Crippen MR) is 78.2 cm³/mol. The summed E-state index contributed by atoms with van der Waals surface area (Å²) in [6.45, 7) is 0.150. The summed E-state index contributed by atoms with van der Waals surface area (Å²) in [7, 11) is 1.47. The molecule has 1 amide bonds. The number of aromatic hydroxyl groups is 1. The highest BCUT2D eigenvalue weighted by Crippen LogP contribution is 2.28. The first-order chi connectivity index (χ1) is 9.69. The lowest BCUT2D eigenvalue weighted by Gasteiger charge is -2.09. The molecule has 0 bridgehead atoms. The maximum absolute atomic E-state index is 11.8. The summed E-state index contributed by atoms with van der Waals surface area (Å²) in [6, 6.07) is 14.2. The number of phenols is 1. The minimum Gasteiger partial charge on any atom is -0.504 e. The van der Waals surface area contributed by atoms with Gasteiger partial charge in [0.05, 0.1) is 13.7 Å². The molecule has 5 nitrogen and oxygen atoms in total. The first-order valence-corrected chi connectivity index (χ1v) is 6.15. The van der Waals surface area contributed by atoms with Gasteiger partial charge in [-0.15, -0.1) is 0 Å². The van der Waals surface area contributed by atoms with Crippen molar-refractivity contribution in [3.05, 3.63) is 48.5 Å². The van der Waals surface area contributed by atoms with Gasteiger partial charge in [-0.1, -0.05) is 18.2 Å². The third kappa shape index (κ3) is 3.65. The van der Waals surface area contributed by atoms with Crippen LogP contribution in [-0.4, -0.2) is 24.7 Å². The van der Waals surface area contributed by atoms with E-state index in [1.807, 2.05) is 30.3 Å². The second-order valence-corrected chi connectivity index (χ2v) is 4.15. The van der Waals surface area contributed by atoms with E-state index in [0.717, 1.165) is 5.69 Å². The monoisotopic (exact) mass is 272 g/mol. The Balaban J connectivity index is 1.90. The number of rotatable bonds is 5. The summed E-state index contributed by atoms with van der Waals surface area (Å²) < 4.78 is 4.94. The summed E-state index contributed by atoms with van der Waals surface area (Å²) in [6.07, 6.45) is 0. The molecule has 2 rings (SSSR count). The fourth-order valence-electron chi connectivity index (χ4n) is 1.71. The van der Waals surface area contributed by atoms with Crippen molar-refractivity contribution < 1.29 is 14.6 Å². The van der Waals surface area contributed by atoms with Gasteiger partial charge in [-0.2, -0.15) is 0 Å². The van der Waals surface area contributed by atoms with E-state index in [1.54, 1.807) is 12.1 Å². The van der Waals surface area contributed by atoms with E-state index < -0.39 is 0 Å². The number of methoxy groups -OCH3 is 1. The Hall–Kier alpha value is -2.69. The van der Waals surface area contributed by atoms with Crippen LogP contribution >= 0.6 is 0 Å². The van der Waals surface area contributed by atoms with Crippen LogP contribution in [0.1, 0.15) is 0 Å². The van der Waals surface area contributed by atoms with E-state index in [-0.39, 0.29) is 18.2 Å². The van der Waals surface area contributed by atoms with Crippen molar-refractivity contribution >= 4 is 17.3 Å². The molecule has 0 unspecified atom stereocenters. The van der Waals surface area contributed by atoms with Crippen molar-refractivity contribution in [1.29, 1.82) is 0 Å². The summed E-state index contributed by atoms with van der Waals surface area (Å²) in [5.41, 5.74) is 1.39. The van der Waals surface area contributed by atoms with E-state index in [9.17, 15) is 9.90 Å². The van der Waals surface area contributed by atoms with Gasteiger partial charge in [0.25, 0.3) is 0 Å². The van der Waals surface area contributed by atoms with Crippen LogP contribution in [0.25, 0.3) is 0 Å². The van der Waals surface area contributed by atoms with Crippen LogP contribution in [-0.2, 0) is 4.79 Å². The van der Waals surface area contributed by atoms with E-state index >= 15 is 0 Å². The average Bonchev–Trinajstić information content (AvgIpc) is 2.46. The Morgan fingerprint density at radius 2 is 1.90 bits per heavy atom. The molecule has 104 valence electrons. The van der Waals surface area contributed by atoms with Crippen LogP contribution < -0.4 is 15.4 Å². The maximum Gasteiger partial charge on any atom is 0.243 e. The Labute approximate surface area is 117 Å². The van der Waals surface area contributed by atoms with Gasteiger partial charge in [0.2, 0.25) is 5.91 Å². The molecule has 3 N–H and O–H groups in total. The number of para-hydroxylation sites is 1. The summed E-state index contributed by atoms with van der Waals surface area (Å²) in [5.74, 6) is 0.158. The van der Waals surface area contributed by atoms with E-state index in [0.29, 0.717) is 11.4 Å². The Bertz CT molecular complexity index is 585. The molecule has 0 spiro atoms. The number of hydrogen-bond donors (Lipinski definition) is 3. The molecular formula is C15H16N2O3. The number of anilines is 2. The number of amides is 1. The number of carbonyl (C=O) groups is 1. The molecule has 0 radical (unpaired) electrons. The molecule has 2 aromatic carbocycles. The molecular weight excluding hydrogens is 256 g/mol. The molecule has 0 saturated heterocycles. The van der Waals surface area contributed by atoms with Crippen LogP contribution in [0.3, 0.4) is 0 Å². The first kappa shape index (κ1) is 13.7. The van der Waals surface area contributed by atoms with Crippen molar-refractivity contribution in [2.75, 3.05) is 24.3 Å². The zero-order chi connectivity index (χ0) is 14.4. The van der Waals surface area contributed by atoms with E-state index in [1.165, 1.54) is 13.2 Å². The number of ether oxygens (including phenoxy) is 1. The van der Waals surface area contributed by atoms with Crippen LogP contribution in [0.5, 0.6) is 11.5 Å². The molecule has 0 aliphatic rings. The van der Waals surface area contributed by atoms with Crippen LogP contribution in [0.15, 0.2) is 48.5 Å². The summed E-state index contributed by atoms with van der Waals surface area (Å²) >= 11 is 0. The van der Waals surface area contributed by atoms with Gasteiger partial charge in [0.15, 0.2) is 11.5 Å². The molecule has 5 heteroatoms. The lowest BCUT2D eigenvalue weighted by Crippen LogP contribution is -2.21. The van der Waals surface area contributed by atoms with Gasteiger partial charge in [0, 0.05) is 17.4 Å². The van der Waals surface area contributed by atoms with Crippen LogP contribution in [0.4, 0.5) is 11.4 Å². The molecule has 0 aliphatic heterocycles. The highest BCUT2D eigenvalue weighted by atomic mass is 16.5. The molecule has 0 saturated carbocycles. The summed E-state index contributed by atoms with van der Waals surface area (Å²) in [4.78, 5) is 11.8. The number of benzene rings is 2. The van der Waals surface area contributed by atoms with Crippen molar-refractivity contribution in [3.8, 4) is 11.5 Å². The quantitative estimate of drug-likeness (QED) is 0.782. The number of phenolic OH excluding ortho intramolecular Hbond substituents is 1. The fourth-order valence-corrected chi connectivity index (χ4v) is 1.71. The molecule has 0 aromatic heterocycles. The van der Waals surface area contributed by atoms with Gasteiger partial charge >= 0.3 is 0 Å². The maximum atomic E-state index is 11.8. The predicted octanol–water partition coefficient (Wildman–Crippen LogP) is 2.45. The Morgan fingerprint density at radius 1 is 1.15 bits per heavy atom. The van der Waals surface area contributed by atoms with E-state index in [2.05, 4.69) is 10.6 Å². The number of carbonyl (C=O) groups excluding carboxylic acids is 1. The summed E-state index contributed by atoms with van der Waals surface area (Å²) in [5, 5.41) is 15.3. The minimum absolute atomic E-state index is 0.0127. The smallest absolute Gasteiger partial charge is 0.243 e. The Morgan fingerprint density at radius 3 is 2.55 bits per heavy atom. The average molecular weight is 272 g/mol. The zero-order valence-electron chi connectivity index (χ0n) is 11.1. The largest absolute Gasteiger partial charge is 0.504 e. The highest BCUT2D eigenvalue weighted by Gasteiger charge is 2.06. The topological polar surface area (TPSA) is 70.6 Å². The molecule has 0 fully saturated rings. The standard InChI is InChI=1S/C15H16N2O3/c1-20-14-8-7-12(9-13(14)18)17-15(19)10-16-11-5-3-2-4-6-11/h2-9,16,18H,10H2,1H3,(H,17,19). The fraction of sp³-hybridized carbons (Fsp3) is 0.133. The number of hydrogen-bond acceptors (Lipinski definition) is 4. The van der Waals surface area contributed by atoms with Crippen molar-refractivity contribution in [3.63, 3.8) is 0 Å². The van der Waals surface area contributed by atoms with Gasteiger partial charge in [-0.05, 0) is 24.3 Å². The zero-order valence-corrected chi connectivity index (χ0v) is 11.1. The number of nitrogens with one attached hydrogen (secondary N) is 2. The third-order valence-electron chi connectivity index (χ3n) is 2.69. The second kappa shape index (κ2) is 6.47. The minimum atomic E-state index is -0.196. The molecule has 2 aromatic rings. The van der Waals surface area contributed by atoms with Crippen LogP contribution in [0.2, 0.25) is 0 Å². The molecule has 0 heterocycles. The molecule has 0 atom stereocenters. The second-order valence-electron chi connectivity index (χ2n) is 4.15. The first-order valence-electron chi connectivity index (χ1n) is 6.15.